The van der Waals surface area contributed by atoms with Crippen molar-refractivity contribution in [3.63, 3.8) is 0 Å². The third kappa shape index (κ3) is 4.46. The summed E-state index contributed by atoms with van der Waals surface area (Å²) in [6.45, 7) is 1.76. The standard InChI is InChI=1S/C23H21ClN4O3/c1-14(26-18-10-6-16(7-11-18)22(25)29)23(30)28-20(21-3-2-12-31-21)13-19(27-28)15-4-8-17(24)9-5-15/h2-12,14,20,26H,13H2,1H3,(H2,25,29). The molecule has 158 valence electrons. The maximum Gasteiger partial charge on any atom is 0.265 e. The van der Waals surface area contributed by atoms with Crippen LogP contribution in [0.3, 0.4) is 0 Å². The Kier molecular flexibility index (Phi) is 5.77. The van der Waals surface area contributed by atoms with E-state index in [-0.39, 0.29) is 11.9 Å². The monoisotopic (exact) mass is 436 g/mol. The summed E-state index contributed by atoms with van der Waals surface area (Å²) in [6, 6.07) is 16.7. The number of benzene rings is 2. The van der Waals surface area contributed by atoms with Gasteiger partial charge in [0.2, 0.25) is 5.91 Å². The Bertz CT molecular complexity index is 1110. The van der Waals surface area contributed by atoms with Gasteiger partial charge in [0.1, 0.15) is 17.8 Å². The summed E-state index contributed by atoms with van der Waals surface area (Å²) >= 11 is 6.00. The maximum absolute atomic E-state index is 13.3. The molecule has 0 saturated heterocycles. The molecule has 4 rings (SSSR count). The van der Waals surface area contributed by atoms with Crippen molar-refractivity contribution in [3.05, 3.63) is 88.8 Å². The van der Waals surface area contributed by atoms with Crippen molar-refractivity contribution in [2.45, 2.75) is 25.4 Å². The molecule has 2 unspecified atom stereocenters. The van der Waals surface area contributed by atoms with Gasteiger partial charge in [-0.05, 0) is 61.0 Å². The van der Waals surface area contributed by atoms with Crippen LogP contribution >= 0.6 is 11.6 Å². The normalized spacial score (nSPS) is 16.6. The summed E-state index contributed by atoms with van der Waals surface area (Å²) < 4.78 is 5.58. The molecule has 0 radical (unpaired) electrons. The van der Waals surface area contributed by atoms with Gasteiger partial charge in [-0.25, -0.2) is 5.01 Å². The average Bonchev–Trinajstić information content (AvgIpc) is 3.44. The number of primary amides is 1. The molecule has 0 aliphatic carbocycles. The molecule has 3 N–H and O–H groups in total. The minimum atomic E-state index is -0.565. The Hall–Kier alpha value is -3.58. The van der Waals surface area contributed by atoms with E-state index in [1.165, 1.54) is 5.01 Å². The van der Waals surface area contributed by atoms with Gasteiger partial charge in [-0.1, -0.05) is 23.7 Å². The van der Waals surface area contributed by atoms with E-state index in [0.29, 0.717) is 28.5 Å². The van der Waals surface area contributed by atoms with Crippen LogP contribution in [0.5, 0.6) is 0 Å². The fourth-order valence-electron chi connectivity index (χ4n) is 3.47. The van der Waals surface area contributed by atoms with Gasteiger partial charge >= 0.3 is 0 Å². The highest BCUT2D eigenvalue weighted by Crippen LogP contribution is 2.34. The number of hydrogen-bond acceptors (Lipinski definition) is 5. The van der Waals surface area contributed by atoms with E-state index in [2.05, 4.69) is 10.4 Å². The van der Waals surface area contributed by atoms with Crippen molar-refractivity contribution in [2.24, 2.45) is 10.8 Å². The first-order valence-corrected chi connectivity index (χ1v) is 10.2. The van der Waals surface area contributed by atoms with Crippen LogP contribution in [0.1, 0.15) is 41.1 Å². The summed E-state index contributed by atoms with van der Waals surface area (Å²) in [7, 11) is 0. The van der Waals surface area contributed by atoms with Crippen LogP contribution in [0.2, 0.25) is 5.02 Å². The van der Waals surface area contributed by atoms with E-state index in [9.17, 15) is 9.59 Å². The zero-order valence-electron chi connectivity index (χ0n) is 16.8. The fraction of sp³-hybridized carbons (Fsp3) is 0.174. The Labute approximate surface area is 184 Å². The topological polar surface area (TPSA) is 101 Å². The quantitative estimate of drug-likeness (QED) is 0.604. The number of furan rings is 1. The van der Waals surface area contributed by atoms with Crippen molar-refractivity contribution in [3.8, 4) is 0 Å². The molecule has 0 fully saturated rings. The number of amides is 2. The first-order chi connectivity index (χ1) is 14.9. The van der Waals surface area contributed by atoms with Crippen molar-refractivity contribution in [2.75, 3.05) is 5.32 Å². The van der Waals surface area contributed by atoms with Gasteiger partial charge in [-0.2, -0.15) is 5.10 Å². The fourth-order valence-corrected chi connectivity index (χ4v) is 3.60. The van der Waals surface area contributed by atoms with Gasteiger partial charge in [0.15, 0.2) is 0 Å². The molecule has 2 atom stereocenters. The summed E-state index contributed by atoms with van der Waals surface area (Å²) in [5.74, 6) is -0.0403. The van der Waals surface area contributed by atoms with Gasteiger partial charge in [-0.3, -0.25) is 9.59 Å². The van der Waals surface area contributed by atoms with E-state index in [0.717, 1.165) is 11.3 Å². The van der Waals surface area contributed by atoms with E-state index in [1.807, 2.05) is 18.2 Å². The predicted octanol–water partition coefficient (Wildman–Crippen LogP) is 4.21. The molecule has 8 heteroatoms. The van der Waals surface area contributed by atoms with Crippen molar-refractivity contribution in [1.29, 1.82) is 0 Å². The number of carbonyl (C=O) groups is 2. The minimum absolute atomic E-state index is 0.204. The van der Waals surface area contributed by atoms with E-state index in [1.54, 1.807) is 55.7 Å². The highest BCUT2D eigenvalue weighted by molar-refractivity contribution is 6.30. The molecule has 1 aliphatic rings. The molecule has 0 spiro atoms. The van der Waals surface area contributed by atoms with Crippen LogP contribution in [0.25, 0.3) is 0 Å². The first kappa shape index (κ1) is 20.7. The maximum atomic E-state index is 13.3. The van der Waals surface area contributed by atoms with Crippen molar-refractivity contribution >= 4 is 34.8 Å². The lowest BCUT2D eigenvalue weighted by molar-refractivity contribution is -0.133. The van der Waals surface area contributed by atoms with Crippen LogP contribution < -0.4 is 11.1 Å². The second-order valence-corrected chi connectivity index (χ2v) is 7.72. The number of carbonyl (C=O) groups excluding carboxylic acids is 2. The average molecular weight is 437 g/mol. The largest absolute Gasteiger partial charge is 0.467 e. The summed E-state index contributed by atoms with van der Waals surface area (Å²) in [4.78, 5) is 24.5. The van der Waals surface area contributed by atoms with E-state index in [4.69, 9.17) is 21.8 Å². The van der Waals surface area contributed by atoms with Gasteiger partial charge in [-0.15, -0.1) is 0 Å². The van der Waals surface area contributed by atoms with Gasteiger partial charge in [0.05, 0.1) is 12.0 Å². The summed E-state index contributed by atoms with van der Waals surface area (Å²) in [5.41, 5.74) is 8.06. The molecule has 0 saturated carbocycles. The number of nitrogens with one attached hydrogen (secondary N) is 1. The number of hydrazone groups is 1. The molecule has 7 nitrogen and oxygen atoms in total. The second-order valence-electron chi connectivity index (χ2n) is 7.28. The van der Waals surface area contributed by atoms with Gasteiger partial charge < -0.3 is 15.5 Å². The first-order valence-electron chi connectivity index (χ1n) is 9.78. The molecule has 2 aromatic carbocycles. The van der Waals surface area contributed by atoms with E-state index >= 15 is 0 Å². The van der Waals surface area contributed by atoms with E-state index < -0.39 is 11.9 Å². The number of anilines is 1. The second kappa shape index (κ2) is 8.65. The Morgan fingerprint density at radius 1 is 1.16 bits per heavy atom. The predicted molar refractivity (Wildman–Crippen MR) is 119 cm³/mol. The van der Waals surface area contributed by atoms with Gasteiger partial charge in [0, 0.05) is 22.7 Å². The molecular weight excluding hydrogens is 416 g/mol. The lowest BCUT2D eigenvalue weighted by Gasteiger charge is -2.24. The molecule has 31 heavy (non-hydrogen) atoms. The minimum Gasteiger partial charge on any atom is -0.467 e. The SMILES string of the molecule is CC(Nc1ccc(C(N)=O)cc1)C(=O)N1N=C(c2ccc(Cl)cc2)CC1c1ccco1. The number of nitrogens with two attached hydrogens (primary N) is 1. The molecule has 2 amide bonds. The number of halogens is 1. The zero-order chi connectivity index (χ0) is 22.0. The Balaban J connectivity index is 1.56. The molecular formula is C23H21ClN4O3. The van der Waals surface area contributed by atoms with Crippen molar-refractivity contribution in [1.82, 2.24) is 5.01 Å². The highest BCUT2D eigenvalue weighted by Gasteiger charge is 2.36. The van der Waals surface area contributed by atoms with Crippen LogP contribution in [0.15, 0.2) is 76.4 Å². The number of hydrogen-bond donors (Lipinski definition) is 2. The van der Waals surface area contributed by atoms with Crippen LogP contribution in [0.4, 0.5) is 5.69 Å². The van der Waals surface area contributed by atoms with Crippen LogP contribution in [-0.2, 0) is 4.79 Å². The van der Waals surface area contributed by atoms with Crippen molar-refractivity contribution < 1.29 is 14.0 Å². The summed E-state index contributed by atoms with van der Waals surface area (Å²) in [6.07, 6.45) is 2.11. The third-order valence-corrected chi connectivity index (χ3v) is 5.36. The third-order valence-electron chi connectivity index (χ3n) is 5.11. The molecule has 1 aliphatic heterocycles. The molecule has 1 aromatic heterocycles. The zero-order valence-corrected chi connectivity index (χ0v) is 17.5. The lowest BCUT2D eigenvalue weighted by Crippen LogP contribution is -2.38. The van der Waals surface area contributed by atoms with Crippen LogP contribution in [0, 0.1) is 0 Å². The van der Waals surface area contributed by atoms with Gasteiger partial charge in [0.25, 0.3) is 5.91 Å². The highest BCUT2D eigenvalue weighted by atomic mass is 35.5. The lowest BCUT2D eigenvalue weighted by atomic mass is 10.0. The number of rotatable bonds is 6. The summed E-state index contributed by atoms with van der Waals surface area (Å²) in [5, 5.41) is 9.88. The Morgan fingerprint density at radius 3 is 2.48 bits per heavy atom. The molecule has 3 aromatic rings. The Morgan fingerprint density at radius 2 is 1.87 bits per heavy atom. The van der Waals surface area contributed by atoms with Crippen LogP contribution in [-0.4, -0.2) is 28.6 Å². The molecule has 2 heterocycles. The molecule has 0 bridgehead atoms. The number of nitrogens with zero attached hydrogens (tertiary/aromatic N) is 2. The smallest absolute Gasteiger partial charge is 0.265 e.